The van der Waals surface area contributed by atoms with Gasteiger partial charge in [0.2, 0.25) is 5.91 Å². The van der Waals surface area contributed by atoms with Crippen LogP contribution in [-0.2, 0) is 4.79 Å². The van der Waals surface area contributed by atoms with Crippen LogP contribution in [0.4, 0.5) is 5.69 Å². The van der Waals surface area contributed by atoms with Crippen LogP contribution in [0.3, 0.4) is 0 Å². The maximum atomic E-state index is 11.1. The monoisotopic (exact) mass is 224 g/mol. The molecular weight excluding hydrogens is 216 g/mol. The van der Waals surface area contributed by atoms with Gasteiger partial charge in [-0.1, -0.05) is 11.3 Å². The van der Waals surface area contributed by atoms with Gasteiger partial charge in [-0.2, -0.15) is 0 Å². The number of carbonyl (C=O) groups excluding carboxylic acids is 1. The number of thiazole rings is 1. The minimum absolute atomic E-state index is 0.00236. The molecule has 1 amide bonds. The molecule has 15 heavy (non-hydrogen) atoms. The van der Waals surface area contributed by atoms with Gasteiger partial charge in [-0.15, -0.1) is 0 Å². The summed E-state index contributed by atoms with van der Waals surface area (Å²) in [5.74, 6) is -0.222. The third-order valence-corrected chi connectivity index (χ3v) is 2.78. The molecule has 0 radical (unpaired) electrons. The van der Waals surface area contributed by atoms with Crippen molar-refractivity contribution in [3.63, 3.8) is 0 Å². The van der Waals surface area contributed by atoms with Crippen molar-refractivity contribution in [2.24, 2.45) is 0 Å². The number of fused-ring (bicyclic) bond motifs is 1. The Balaban J connectivity index is 2.70. The zero-order valence-corrected chi connectivity index (χ0v) is 8.64. The predicted octanol–water partition coefficient (Wildman–Crippen LogP) is 1.25. The molecule has 0 aliphatic rings. The topological polar surface area (TPSA) is 82.2 Å². The summed E-state index contributed by atoms with van der Waals surface area (Å²) in [5.41, 5.74) is 0.884. The molecule has 1 aromatic heterocycles. The molecule has 0 fully saturated rings. The van der Waals surface area contributed by atoms with Gasteiger partial charge < -0.3 is 15.4 Å². The molecule has 5 nitrogen and oxygen atoms in total. The lowest BCUT2D eigenvalue weighted by Gasteiger charge is -2.03. The van der Waals surface area contributed by atoms with Crippen LogP contribution >= 0.6 is 11.3 Å². The number of amides is 1. The summed E-state index contributed by atoms with van der Waals surface area (Å²) in [7, 11) is 0. The van der Waals surface area contributed by atoms with Crippen molar-refractivity contribution >= 4 is 33.1 Å². The van der Waals surface area contributed by atoms with Gasteiger partial charge >= 0.3 is 4.87 Å². The molecule has 0 aliphatic carbocycles. The van der Waals surface area contributed by atoms with Crippen molar-refractivity contribution < 1.29 is 9.90 Å². The Morgan fingerprint density at radius 1 is 1.53 bits per heavy atom. The van der Waals surface area contributed by atoms with E-state index in [-0.39, 0.29) is 16.5 Å². The highest BCUT2D eigenvalue weighted by molar-refractivity contribution is 7.17. The summed E-state index contributed by atoms with van der Waals surface area (Å²) in [5, 5.41) is 12.1. The fourth-order valence-electron chi connectivity index (χ4n) is 1.31. The summed E-state index contributed by atoms with van der Waals surface area (Å²) in [6.07, 6.45) is 0. The highest BCUT2D eigenvalue weighted by Crippen LogP contribution is 2.30. The van der Waals surface area contributed by atoms with Crippen molar-refractivity contribution in [3.8, 4) is 5.75 Å². The number of nitrogens with one attached hydrogen (secondary N) is 2. The largest absolute Gasteiger partial charge is 0.506 e. The van der Waals surface area contributed by atoms with E-state index in [0.717, 1.165) is 11.3 Å². The molecule has 1 aromatic carbocycles. The van der Waals surface area contributed by atoms with Crippen LogP contribution in [0.2, 0.25) is 0 Å². The molecule has 2 rings (SSSR count). The van der Waals surface area contributed by atoms with Crippen molar-refractivity contribution in [2.45, 2.75) is 6.92 Å². The quantitative estimate of drug-likeness (QED) is 0.637. The molecule has 0 saturated heterocycles. The Kier molecular flexibility index (Phi) is 2.20. The SMILES string of the molecule is CC(=O)Nc1ccc(O)c2[nH]c(=O)sc12. The fraction of sp³-hybridized carbons (Fsp3) is 0.111. The van der Waals surface area contributed by atoms with Crippen LogP contribution in [0, 0.1) is 0 Å². The molecule has 2 aromatic rings. The third-order valence-electron chi connectivity index (χ3n) is 1.87. The number of aromatic nitrogens is 1. The lowest BCUT2D eigenvalue weighted by Crippen LogP contribution is -2.05. The zero-order chi connectivity index (χ0) is 11.0. The first-order chi connectivity index (χ1) is 7.08. The Morgan fingerprint density at radius 3 is 2.93 bits per heavy atom. The van der Waals surface area contributed by atoms with Crippen molar-refractivity contribution in [1.82, 2.24) is 4.98 Å². The smallest absolute Gasteiger partial charge is 0.305 e. The second-order valence-electron chi connectivity index (χ2n) is 3.03. The number of carbonyl (C=O) groups is 1. The molecule has 78 valence electrons. The average molecular weight is 224 g/mol. The van der Waals surface area contributed by atoms with E-state index in [1.807, 2.05) is 0 Å². The third kappa shape index (κ3) is 1.71. The van der Waals surface area contributed by atoms with Crippen molar-refractivity contribution in [3.05, 3.63) is 21.8 Å². The average Bonchev–Trinajstić information content (AvgIpc) is 2.52. The minimum atomic E-state index is -0.266. The van der Waals surface area contributed by atoms with Crippen LogP contribution < -0.4 is 10.2 Å². The molecule has 6 heteroatoms. The summed E-state index contributed by atoms with van der Waals surface area (Å²) in [6.45, 7) is 1.38. The number of phenolic OH excluding ortho intramolecular Hbond substituents is 1. The number of H-pyrrole nitrogens is 1. The van der Waals surface area contributed by atoms with Gasteiger partial charge in [0, 0.05) is 6.92 Å². The molecule has 0 saturated carbocycles. The molecule has 1 heterocycles. The Morgan fingerprint density at radius 2 is 2.27 bits per heavy atom. The van der Waals surface area contributed by atoms with Gasteiger partial charge in [0.25, 0.3) is 0 Å². The molecule has 0 aliphatic heterocycles. The fourth-order valence-corrected chi connectivity index (χ4v) is 2.13. The summed E-state index contributed by atoms with van der Waals surface area (Å²) in [6, 6.07) is 2.99. The van der Waals surface area contributed by atoms with Crippen molar-refractivity contribution in [1.29, 1.82) is 0 Å². The van der Waals surface area contributed by atoms with Crippen LogP contribution in [0.5, 0.6) is 5.75 Å². The maximum Gasteiger partial charge on any atom is 0.305 e. The zero-order valence-electron chi connectivity index (χ0n) is 7.83. The lowest BCUT2D eigenvalue weighted by atomic mass is 10.2. The highest BCUT2D eigenvalue weighted by Gasteiger charge is 2.09. The lowest BCUT2D eigenvalue weighted by molar-refractivity contribution is -0.114. The maximum absolute atomic E-state index is 11.1. The second kappa shape index (κ2) is 3.39. The van der Waals surface area contributed by atoms with Crippen LogP contribution in [0.1, 0.15) is 6.92 Å². The predicted molar refractivity (Wildman–Crippen MR) is 58.4 cm³/mol. The van der Waals surface area contributed by atoms with Crippen LogP contribution in [0.25, 0.3) is 10.2 Å². The minimum Gasteiger partial charge on any atom is -0.506 e. The number of hydrogen-bond donors (Lipinski definition) is 3. The first kappa shape index (κ1) is 9.72. The molecule has 0 atom stereocenters. The molecule has 0 spiro atoms. The first-order valence-electron chi connectivity index (χ1n) is 4.20. The number of anilines is 1. The van der Waals surface area contributed by atoms with E-state index < -0.39 is 0 Å². The van der Waals surface area contributed by atoms with Gasteiger partial charge in [-0.3, -0.25) is 9.59 Å². The van der Waals surface area contributed by atoms with E-state index >= 15 is 0 Å². The second-order valence-corrected chi connectivity index (χ2v) is 4.02. The van der Waals surface area contributed by atoms with E-state index in [9.17, 15) is 14.7 Å². The number of aromatic hydroxyl groups is 1. The molecule has 0 bridgehead atoms. The molecular formula is C9H8N2O3S. The Labute approximate surface area is 88.4 Å². The van der Waals surface area contributed by atoms with E-state index in [2.05, 4.69) is 10.3 Å². The summed E-state index contributed by atoms with van der Waals surface area (Å²) >= 11 is 0.949. The van der Waals surface area contributed by atoms with Gasteiger partial charge in [0.05, 0.1) is 10.4 Å². The van der Waals surface area contributed by atoms with Crippen LogP contribution in [0.15, 0.2) is 16.9 Å². The summed E-state index contributed by atoms with van der Waals surface area (Å²) < 4.78 is 0.551. The van der Waals surface area contributed by atoms with Crippen molar-refractivity contribution in [2.75, 3.05) is 5.32 Å². The van der Waals surface area contributed by atoms with Gasteiger partial charge in [0.15, 0.2) is 0 Å². The summed E-state index contributed by atoms with van der Waals surface area (Å²) in [4.78, 5) is 24.2. The standard InChI is InChI=1S/C9H8N2O3S/c1-4(12)10-5-2-3-6(13)7-8(5)15-9(14)11-7/h2-3,13H,1H3,(H,10,12)(H,11,14). The van der Waals surface area contributed by atoms with Gasteiger partial charge in [-0.05, 0) is 12.1 Å². The van der Waals surface area contributed by atoms with E-state index in [1.165, 1.54) is 13.0 Å². The number of phenols is 1. The normalized spacial score (nSPS) is 10.5. The Bertz CT molecular complexity index is 585. The van der Waals surface area contributed by atoms with E-state index in [1.54, 1.807) is 6.07 Å². The van der Waals surface area contributed by atoms with Gasteiger partial charge in [0.1, 0.15) is 11.3 Å². The van der Waals surface area contributed by atoms with E-state index in [4.69, 9.17) is 0 Å². The van der Waals surface area contributed by atoms with Gasteiger partial charge in [-0.25, -0.2) is 0 Å². The highest BCUT2D eigenvalue weighted by atomic mass is 32.1. The number of aromatic amines is 1. The number of benzene rings is 1. The van der Waals surface area contributed by atoms with E-state index in [0.29, 0.717) is 15.9 Å². The first-order valence-corrected chi connectivity index (χ1v) is 5.02. The van der Waals surface area contributed by atoms with Crippen LogP contribution in [-0.4, -0.2) is 16.0 Å². The molecule has 0 unspecified atom stereocenters. The number of hydrogen-bond acceptors (Lipinski definition) is 4. The number of rotatable bonds is 1. The Hall–Kier alpha value is -1.82. The molecule has 3 N–H and O–H groups in total.